The average Bonchev–Trinajstić information content (AvgIpc) is 2.43. The van der Waals surface area contributed by atoms with Crippen LogP contribution in [-0.2, 0) is 10.0 Å². The number of hydrogen-bond acceptors (Lipinski definition) is 3. The quantitative estimate of drug-likeness (QED) is 0.782. The molecule has 0 amide bonds. The highest BCUT2D eigenvalue weighted by Crippen LogP contribution is 2.23. The predicted octanol–water partition coefficient (Wildman–Crippen LogP) is 1.08. The lowest BCUT2D eigenvalue weighted by atomic mass is 10.0. The molecule has 2 unspecified atom stereocenters. The summed E-state index contributed by atoms with van der Waals surface area (Å²) in [6.07, 6.45) is 3.18. The minimum absolute atomic E-state index is 0.164. The van der Waals surface area contributed by atoms with Gasteiger partial charge in [-0.1, -0.05) is 27.2 Å². The third kappa shape index (κ3) is 4.80. The van der Waals surface area contributed by atoms with Crippen LogP contribution in [0.15, 0.2) is 0 Å². The molecule has 1 saturated carbocycles. The van der Waals surface area contributed by atoms with Crippen LogP contribution in [-0.4, -0.2) is 26.8 Å². The first kappa shape index (κ1) is 13.9. The van der Waals surface area contributed by atoms with Crippen LogP contribution in [0.3, 0.4) is 0 Å². The molecule has 0 radical (unpaired) electrons. The van der Waals surface area contributed by atoms with Crippen molar-refractivity contribution in [3.8, 4) is 0 Å². The van der Waals surface area contributed by atoms with Gasteiger partial charge in [0.15, 0.2) is 0 Å². The Morgan fingerprint density at radius 1 is 1.31 bits per heavy atom. The molecule has 0 bridgehead atoms. The third-order valence-electron chi connectivity index (χ3n) is 2.91. The Hall–Kier alpha value is -0.130. The van der Waals surface area contributed by atoms with Gasteiger partial charge < -0.3 is 5.73 Å². The number of hydrogen-bond donors (Lipinski definition) is 2. The van der Waals surface area contributed by atoms with Crippen molar-refractivity contribution in [1.82, 2.24) is 4.72 Å². The van der Waals surface area contributed by atoms with Crippen molar-refractivity contribution in [2.75, 3.05) is 12.3 Å². The fourth-order valence-corrected chi connectivity index (χ4v) is 3.88. The smallest absolute Gasteiger partial charge is 0.212 e. The van der Waals surface area contributed by atoms with E-state index in [0.29, 0.717) is 12.5 Å². The molecule has 0 saturated heterocycles. The van der Waals surface area contributed by atoms with Gasteiger partial charge in [0.2, 0.25) is 10.0 Å². The summed E-state index contributed by atoms with van der Waals surface area (Å²) in [6.45, 7) is 6.27. The van der Waals surface area contributed by atoms with E-state index in [1.165, 1.54) is 0 Å². The second kappa shape index (κ2) is 5.02. The fourth-order valence-electron chi connectivity index (χ4n) is 2.17. The van der Waals surface area contributed by atoms with E-state index in [0.717, 1.165) is 19.3 Å². The highest BCUT2D eigenvalue weighted by Gasteiger charge is 2.27. The van der Waals surface area contributed by atoms with Gasteiger partial charge in [-0.25, -0.2) is 13.1 Å². The molecular weight excluding hydrogens is 224 g/mol. The summed E-state index contributed by atoms with van der Waals surface area (Å²) in [6, 6.07) is 0.164. The first-order valence-corrected chi connectivity index (χ1v) is 7.58. The number of sulfonamides is 1. The van der Waals surface area contributed by atoms with E-state index in [4.69, 9.17) is 5.73 Å². The summed E-state index contributed by atoms with van der Waals surface area (Å²) in [5.41, 5.74) is 5.70. The third-order valence-corrected chi connectivity index (χ3v) is 4.76. The molecule has 0 aromatic carbocycles. The zero-order chi connectivity index (χ0) is 12.4. The molecule has 1 fully saturated rings. The maximum absolute atomic E-state index is 11.8. The summed E-state index contributed by atoms with van der Waals surface area (Å²) < 4.78 is 26.2. The molecule has 16 heavy (non-hydrogen) atoms. The monoisotopic (exact) mass is 248 g/mol. The van der Waals surface area contributed by atoms with Gasteiger partial charge in [0, 0.05) is 12.6 Å². The highest BCUT2D eigenvalue weighted by molar-refractivity contribution is 7.89. The fraction of sp³-hybridized carbons (Fsp3) is 1.00. The van der Waals surface area contributed by atoms with Gasteiger partial charge in [-0.15, -0.1) is 0 Å². The Bertz CT molecular complexity index is 319. The van der Waals surface area contributed by atoms with Crippen LogP contribution in [0.2, 0.25) is 0 Å². The minimum Gasteiger partial charge on any atom is -0.327 e. The van der Waals surface area contributed by atoms with Crippen molar-refractivity contribution in [2.45, 2.75) is 46.1 Å². The van der Waals surface area contributed by atoms with Crippen molar-refractivity contribution in [3.05, 3.63) is 0 Å². The van der Waals surface area contributed by atoms with Crippen LogP contribution < -0.4 is 10.5 Å². The topological polar surface area (TPSA) is 72.2 Å². The zero-order valence-electron chi connectivity index (χ0n) is 10.5. The molecule has 1 aliphatic carbocycles. The first-order chi connectivity index (χ1) is 7.20. The predicted molar refractivity (Wildman–Crippen MR) is 66.6 cm³/mol. The average molecular weight is 248 g/mol. The zero-order valence-corrected chi connectivity index (χ0v) is 11.3. The Kier molecular flexibility index (Phi) is 4.37. The number of rotatable bonds is 4. The first-order valence-electron chi connectivity index (χ1n) is 5.92. The van der Waals surface area contributed by atoms with Gasteiger partial charge >= 0.3 is 0 Å². The van der Waals surface area contributed by atoms with E-state index in [1.807, 2.05) is 20.8 Å². The van der Waals surface area contributed by atoms with Crippen LogP contribution in [0.5, 0.6) is 0 Å². The Morgan fingerprint density at radius 2 is 1.94 bits per heavy atom. The largest absolute Gasteiger partial charge is 0.327 e. The second-order valence-corrected chi connectivity index (χ2v) is 7.83. The minimum atomic E-state index is -3.16. The van der Waals surface area contributed by atoms with Crippen LogP contribution in [0, 0.1) is 11.3 Å². The molecule has 3 N–H and O–H groups in total. The maximum Gasteiger partial charge on any atom is 0.212 e. The number of nitrogens with one attached hydrogen (secondary N) is 1. The molecule has 96 valence electrons. The molecular formula is C11H24N2O2S. The van der Waals surface area contributed by atoms with Crippen molar-refractivity contribution >= 4 is 10.0 Å². The van der Waals surface area contributed by atoms with Gasteiger partial charge in [0.05, 0.1) is 5.75 Å². The summed E-state index contributed by atoms with van der Waals surface area (Å²) >= 11 is 0. The van der Waals surface area contributed by atoms with Crippen LogP contribution in [0.1, 0.15) is 40.0 Å². The molecule has 1 rings (SSSR count). The normalized spacial score (nSPS) is 27.2. The lowest BCUT2D eigenvalue weighted by Gasteiger charge is -2.20. The molecule has 4 nitrogen and oxygen atoms in total. The molecule has 0 spiro atoms. The molecule has 0 aromatic rings. The Balaban J connectivity index is 2.42. The van der Waals surface area contributed by atoms with E-state index < -0.39 is 10.0 Å². The standard InChI is InChI=1S/C11H24N2O2S/c1-11(2,3)8-16(14,15)13-7-9-5-4-6-10(9)12/h9-10,13H,4-8,12H2,1-3H3. The van der Waals surface area contributed by atoms with Gasteiger partial charge in [-0.3, -0.25) is 0 Å². The molecule has 2 atom stereocenters. The maximum atomic E-state index is 11.8. The van der Waals surface area contributed by atoms with Crippen LogP contribution in [0.25, 0.3) is 0 Å². The molecule has 0 aromatic heterocycles. The van der Waals surface area contributed by atoms with Gasteiger partial charge in [0.1, 0.15) is 0 Å². The molecule has 0 heterocycles. The Morgan fingerprint density at radius 3 is 2.38 bits per heavy atom. The Labute approximate surface area is 99.0 Å². The molecule has 5 heteroatoms. The van der Waals surface area contributed by atoms with E-state index >= 15 is 0 Å². The second-order valence-electron chi connectivity index (χ2n) is 6.02. The van der Waals surface area contributed by atoms with Gasteiger partial charge in [0.25, 0.3) is 0 Å². The summed E-state index contributed by atoms with van der Waals surface area (Å²) in [7, 11) is -3.16. The molecule has 0 aliphatic heterocycles. The van der Waals surface area contributed by atoms with Gasteiger partial charge in [-0.05, 0) is 24.2 Å². The highest BCUT2D eigenvalue weighted by atomic mass is 32.2. The van der Waals surface area contributed by atoms with E-state index in [9.17, 15) is 8.42 Å². The van der Waals surface area contributed by atoms with Crippen LogP contribution in [0.4, 0.5) is 0 Å². The SMILES string of the molecule is CC(C)(C)CS(=O)(=O)NCC1CCCC1N. The van der Waals surface area contributed by atoms with Crippen LogP contribution >= 0.6 is 0 Å². The number of nitrogens with two attached hydrogens (primary N) is 1. The lowest BCUT2D eigenvalue weighted by molar-refractivity contribution is 0.444. The molecule has 1 aliphatic rings. The van der Waals surface area contributed by atoms with E-state index in [-0.39, 0.29) is 17.2 Å². The van der Waals surface area contributed by atoms with Crippen molar-refractivity contribution in [1.29, 1.82) is 0 Å². The van der Waals surface area contributed by atoms with Crippen molar-refractivity contribution in [2.24, 2.45) is 17.1 Å². The van der Waals surface area contributed by atoms with E-state index in [2.05, 4.69) is 4.72 Å². The summed E-state index contributed by atoms with van der Waals surface area (Å²) in [4.78, 5) is 0. The lowest BCUT2D eigenvalue weighted by Crippen LogP contribution is -2.39. The summed E-state index contributed by atoms with van der Waals surface area (Å²) in [5, 5.41) is 0. The summed E-state index contributed by atoms with van der Waals surface area (Å²) in [5.74, 6) is 0.483. The van der Waals surface area contributed by atoms with E-state index in [1.54, 1.807) is 0 Å². The van der Waals surface area contributed by atoms with Gasteiger partial charge in [-0.2, -0.15) is 0 Å². The van der Waals surface area contributed by atoms with Crippen molar-refractivity contribution < 1.29 is 8.42 Å². The van der Waals surface area contributed by atoms with Crippen molar-refractivity contribution in [3.63, 3.8) is 0 Å².